The number of ether oxygens (including phenoxy) is 1. The van der Waals surface area contributed by atoms with E-state index in [9.17, 15) is 18.0 Å². The molecular weight excluding hydrogens is 448 g/mol. The molecule has 7 nitrogen and oxygen atoms in total. The summed E-state index contributed by atoms with van der Waals surface area (Å²) in [7, 11) is -3.11. The van der Waals surface area contributed by atoms with Crippen molar-refractivity contribution in [2.75, 3.05) is 23.4 Å². The first-order valence-electron chi connectivity index (χ1n) is 11.0. The molecule has 0 unspecified atom stereocenters. The Morgan fingerprint density at radius 2 is 1.97 bits per heavy atom. The highest BCUT2D eigenvalue weighted by Gasteiger charge is 2.33. The lowest BCUT2D eigenvalue weighted by molar-refractivity contribution is 0.0941. The van der Waals surface area contributed by atoms with E-state index < -0.39 is 15.9 Å². The van der Waals surface area contributed by atoms with Gasteiger partial charge < -0.3 is 15.4 Å². The van der Waals surface area contributed by atoms with Gasteiger partial charge in [-0.3, -0.25) is 9.59 Å². The Hall–Kier alpha value is -2.39. The number of para-hydroxylation sites is 1. The summed E-state index contributed by atoms with van der Waals surface area (Å²) in [5.41, 5.74) is 1.85. The number of carbonyl (C=O) groups is 2. The minimum Gasteiger partial charge on any atom is -0.493 e. The molecule has 0 bridgehead atoms. The van der Waals surface area contributed by atoms with Crippen LogP contribution in [0.1, 0.15) is 57.8 Å². The van der Waals surface area contributed by atoms with Gasteiger partial charge in [0.15, 0.2) is 9.84 Å². The Bertz CT molecular complexity index is 1140. The molecule has 1 aromatic carbocycles. The minimum atomic E-state index is -3.11. The molecule has 0 spiro atoms. The second-order valence-electron chi connectivity index (χ2n) is 8.51. The summed E-state index contributed by atoms with van der Waals surface area (Å²) in [4.78, 5) is 27.5. The van der Waals surface area contributed by atoms with Gasteiger partial charge in [-0.2, -0.15) is 0 Å². The van der Waals surface area contributed by atoms with Crippen molar-refractivity contribution in [1.29, 1.82) is 0 Å². The molecule has 2 aromatic rings. The lowest BCUT2D eigenvalue weighted by Gasteiger charge is -2.19. The molecule has 2 N–H and O–H groups in total. The number of hydrogen-bond acceptors (Lipinski definition) is 6. The van der Waals surface area contributed by atoms with Crippen molar-refractivity contribution < 1.29 is 22.7 Å². The third-order valence-corrected chi connectivity index (χ3v) is 8.90. The molecular formula is C23H28N2O5S2. The Labute approximate surface area is 192 Å². The first-order valence-corrected chi connectivity index (χ1v) is 13.6. The summed E-state index contributed by atoms with van der Waals surface area (Å²) >= 11 is 1.44. The molecule has 1 fully saturated rings. The number of rotatable bonds is 6. The number of anilines is 1. The zero-order valence-corrected chi connectivity index (χ0v) is 19.9. The van der Waals surface area contributed by atoms with E-state index in [0.717, 1.165) is 29.7 Å². The standard InChI is InChI=1S/C23H28N2O5S2/c1-3-30-18-7-5-4-6-16(18)21(26)25-23-20(17-9-8-14(2)12-19(17)31-23)22(27)24-15-10-11-32(28,29)13-15/h4-7,14-15H,3,8-13H2,1-2H3,(H,24,27)(H,25,26)/t14-,15-/m0/s1. The Balaban J connectivity index is 1.63. The molecule has 32 heavy (non-hydrogen) atoms. The summed E-state index contributed by atoms with van der Waals surface area (Å²) in [5, 5.41) is 6.35. The number of benzene rings is 1. The van der Waals surface area contributed by atoms with E-state index in [-0.39, 0.29) is 23.3 Å². The van der Waals surface area contributed by atoms with Gasteiger partial charge in [0.05, 0.1) is 29.2 Å². The summed E-state index contributed by atoms with van der Waals surface area (Å²) in [6, 6.07) is 6.62. The van der Waals surface area contributed by atoms with Gasteiger partial charge in [-0.05, 0) is 56.2 Å². The van der Waals surface area contributed by atoms with E-state index in [1.807, 2.05) is 13.0 Å². The first kappa shape index (κ1) is 22.8. The van der Waals surface area contributed by atoms with Gasteiger partial charge in [-0.15, -0.1) is 11.3 Å². The molecule has 1 aliphatic heterocycles. The van der Waals surface area contributed by atoms with Crippen molar-refractivity contribution in [3.05, 3.63) is 45.8 Å². The van der Waals surface area contributed by atoms with E-state index in [1.165, 1.54) is 11.3 Å². The van der Waals surface area contributed by atoms with Crippen LogP contribution in [-0.4, -0.2) is 44.4 Å². The molecule has 4 rings (SSSR count). The van der Waals surface area contributed by atoms with Crippen LogP contribution in [0.2, 0.25) is 0 Å². The number of sulfone groups is 1. The van der Waals surface area contributed by atoms with Crippen LogP contribution in [0, 0.1) is 5.92 Å². The number of nitrogens with one attached hydrogen (secondary N) is 2. The van der Waals surface area contributed by atoms with Gasteiger partial charge >= 0.3 is 0 Å². The van der Waals surface area contributed by atoms with E-state index in [2.05, 4.69) is 17.6 Å². The van der Waals surface area contributed by atoms with Crippen LogP contribution in [0.15, 0.2) is 24.3 Å². The van der Waals surface area contributed by atoms with Crippen molar-refractivity contribution in [1.82, 2.24) is 5.32 Å². The molecule has 1 saturated heterocycles. The predicted octanol–water partition coefficient (Wildman–Crippen LogP) is 3.44. The van der Waals surface area contributed by atoms with Gasteiger partial charge in [0.25, 0.3) is 11.8 Å². The largest absolute Gasteiger partial charge is 0.493 e. The van der Waals surface area contributed by atoms with Crippen molar-refractivity contribution in [2.24, 2.45) is 5.92 Å². The van der Waals surface area contributed by atoms with Crippen molar-refractivity contribution in [2.45, 2.75) is 45.6 Å². The van der Waals surface area contributed by atoms with Gasteiger partial charge in [0.1, 0.15) is 10.8 Å². The maximum absolute atomic E-state index is 13.3. The van der Waals surface area contributed by atoms with Crippen LogP contribution >= 0.6 is 11.3 Å². The van der Waals surface area contributed by atoms with Gasteiger partial charge in [-0.25, -0.2) is 8.42 Å². The first-order chi connectivity index (χ1) is 15.3. The van der Waals surface area contributed by atoms with E-state index >= 15 is 0 Å². The molecule has 9 heteroatoms. The van der Waals surface area contributed by atoms with Crippen LogP contribution in [0.3, 0.4) is 0 Å². The number of carbonyl (C=O) groups excluding carboxylic acids is 2. The maximum Gasteiger partial charge on any atom is 0.260 e. The quantitative estimate of drug-likeness (QED) is 0.665. The summed E-state index contributed by atoms with van der Waals surface area (Å²) < 4.78 is 29.2. The third-order valence-electron chi connectivity index (χ3n) is 5.96. The Morgan fingerprint density at radius 1 is 1.19 bits per heavy atom. The second kappa shape index (κ2) is 9.23. The zero-order chi connectivity index (χ0) is 22.9. The van der Waals surface area contributed by atoms with Gasteiger partial charge in [-0.1, -0.05) is 19.1 Å². The molecule has 2 amide bonds. The van der Waals surface area contributed by atoms with Gasteiger partial charge in [0.2, 0.25) is 0 Å². The summed E-state index contributed by atoms with van der Waals surface area (Å²) in [6.07, 6.45) is 3.02. The Morgan fingerprint density at radius 3 is 2.69 bits per heavy atom. The number of thiophene rings is 1. The molecule has 2 heterocycles. The third kappa shape index (κ3) is 4.83. The van der Waals surface area contributed by atoms with E-state index in [0.29, 0.717) is 40.8 Å². The highest BCUT2D eigenvalue weighted by atomic mass is 32.2. The molecule has 1 aliphatic carbocycles. The predicted molar refractivity (Wildman–Crippen MR) is 126 cm³/mol. The number of hydrogen-bond donors (Lipinski definition) is 2. The number of fused-ring (bicyclic) bond motifs is 1. The fourth-order valence-corrected chi connectivity index (χ4v) is 7.43. The number of amides is 2. The topological polar surface area (TPSA) is 102 Å². The Kier molecular flexibility index (Phi) is 6.57. The van der Waals surface area contributed by atoms with Crippen molar-refractivity contribution in [3.8, 4) is 5.75 Å². The normalized spacial score (nSPS) is 21.6. The zero-order valence-electron chi connectivity index (χ0n) is 18.3. The average Bonchev–Trinajstić information content (AvgIpc) is 3.26. The monoisotopic (exact) mass is 476 g/mol. The maximum atomic E-state index is 13.3. The van der Waals surface area contributed by atoms with Gasteiger partial charge in [0, 0.05) is 10.9 Å². The van der Waals surface area contributed by atoms with Crippen molar-refractivity contribution >= 4 is 38.0 Å². The fraction of sp³-hybridized carbons (Fsp3) is 0.478. The molecule has 0 radical (unpaired) electrons. The van der Waals surface area contributed by atoms with Crippen LogP contribution in [0.4, 0.5) is 5.00 Å². The molecule has 172 valence electrons. The molecule has 1 aromatic heterocycles. The fourth-order valence-electron chi connectivity index (χ4n) is 4.35. The lowest BCUT2D eigenvalue weighted by Crippen LogP contribution is -2.36. The smallest absolute Gasteiger partial charge is 0.260 e. The van der Waals surface area contributed by atoms with Crippen molar-refractivity contribution in [3.63, 3.8) is 0 Å². The van der Waals surface area contributed by atoms with Crippen LogP contribution in [-0.2, 0) is 22.7 Å². The van der Waals surface area contributed by atoms with Crippen LogP contribution in [0.5, 0.6) is 5.75 Å². The SMILES string of the molecule is CCOc1ccccc1C(=O)Nc1sc2c(c1C(=O)N[C@H]1CCS(=O)(=O)C1)CC[C@H](C)C2. The minimum absolute atomic E-state index is 0.0362. The molecule has 2 aliphatic rings. The molecule has 0 saturated carbocycles. The molecule has 2 atom stereocenters. The highest BCUT2D eigenvalue weighted by molar-refractivity contribution is 7.91. The summed E-state index contributed by atoms with van der Waals surface area (Å²) in [5.74, 6) is 0.412. The van der Waals surface area contributed by atoms with Crippen LogP contribution in [0.25, 0.3) is 0 Å². The lowest BCUT2D eigenvalue weighted by atomic mass is 9.88. The van der Waals surface area contributed by atoms with E-state index in [4.69, 9.17) is 4.74 Å². The second-order valence-corrected chi connectivity index (χ2v) is 11.8. The van der Waals surface area contributed by atoms with Crippen LogP contribution < -0.4 is 15.4 Å². The summed E-state index contributed by atoms with van der Waals surface area (Å²) in [6.45, 7) is 4.48. The van der Waals surface area contributed by atoms with E-state index in [1.54, 1.807) is 18.2 Å². The average molecular weight is 477 g/mol. The highest BCUT2D eigenvalue weighted by Crippen LogP contribution is 2.40.